The molecule has 0 aromatic rings. The molecule has 0 aromatic carbocycles. The fraction of sp³-hybridized carbons (Fsp3) is 0.833. The number of ether oxygens (including phenoxy) is 8. The lowest BCUT2D eigenvalue weighted by molar-refractivity contribution is -0.345. The molecule has 6 aliphatic rings. The van der Waals surface area contributed by atoms with Gasteiger partial charge in [0.25, 0.3) is 0 Å². The van der Waals surface area contributed by atoms with Crippen LogP contribution in [0.4, 0.5) is 0 Å². The number of hydrogen-bond donors (Lipinski definition) is 12. The molecule has 380 valence electrons. The van der Waals surface area contributed by atoms with E-state index in [1.165, 1.54) is 6.08 Å². The number of rotatable bonds is 16. The molecule has 6 rings (SSSR count). The number of aliphatic carboxylic acids is 2. The molecule has 3 saturated carbocycles. The second-order valence-corrected chi connectivity index (χ2v) is 18.2. The van der Waals surface area contributed by atoms with Gasteiger partial charge >= 0.3 is 29.8 Å². The minimum absolute atomic E-state index is 0.00724. The van der Waals surface area contributed by atoms with Gasteiger partial charge in [0.2, 0.25) is 0 Å². The lowest BCUT2D eigenvalue weighted by atomic mass is 9.72. The van der Waals surface area contributed by atoms with Crippen LogP contribution in [0.1, 0.15) is 70.6 Å². The Hall–Kier alpha value is -3.51. The summed E-state index contributed by atoms with van der Waals surface area (Å²) in [4.78, 5) is 59.3. The molecule has 67 heavy (non-hydrogen) atoms. The summed E-state index contributed by atoms with van der Waals surface area (Å²) in [6.45, 7) is -1.46. The van der Waals surface area contributed by atoms with Gasteiger partial charge in [-0.05, 0) is 63.2 Å². The van der Waals surface area contributed by atoms with Crippen LogP contribution in [0.5, 0.6) is 0 Å². The van der Waals surface area contributed by atoms with E-state index in [-0.39, 0.29) is 38.0 Å². The maximum atomic E-state index is 12.7. The van der Waals surface area contributed by atoms with Gasteiger partial charge < -0.3 is 99.2 Å². The molecule has 12 N–H and O–H groups in total. The second kappa shape index (κ2) is 23.4. The molecule has 18 unspecified atom stereocenters. The molecule has 25 nitrogen and oxygen atoms in total. The first-order chi connectivity index (χ1) is 31.7. The molecule has 0 amide bonds. The van der Waals surface area contributed by atoms with E-state index >= 15 is 0 Å². The average Bonchev–Trinajstić information content (AvgIpc) is 3.26. The number of carbonyl (C=O) groups excluding carboxylic acids is 3. The smallest absolute Gasteiger partial charge is 0.330 e. The fourth-order valence-corrected chi connectivity index (χ4v) is 9.79. The van der Waals surface area contributed by atoms with Gasteiger partial charge in [-0.1, -0.05) is 6.08 Å². The predicted molar refractivity (Wildman–Crippen MR) is 213 cm³/mol. The first-order valence-electron chi connectivity index (χ1n) is 22.4. The highest BCUT2D eigenvalue weighted by atomic mass is 16.7. The van der Waals surface area contributed by atoms with Crippen molar-refractivity contribution in [3.8, 4) is 0 Å². The lowest BCUT2D eigenvalue weighted by Gasteiger charge is -2.53. The molecule has 3 aliphatic carbocycles. The van der Waals surface area contributed by atoms with Crippen molar-refractivity contribution in [3.05, 3.63) is 12.2 Å². The summed E-state index contributed by atoms with van der Waals surface area (Å²) < 4.78 is 46.2. The molecule has 3 heterocycles. The molecule has 3 saturated heterocycles. The normalized spacial score (nSPS) is 43.7. The first-order valence-corrected chi connectivity index (χ1v) is 22.4. The molecular formula is C42H62O25. The van der Waals surface area contributed by atoms with Gasteiger partial charge in [-0.3, -0.25) is 19.2 Å². The third kappa shape index (κ3) is 13.6. The summed E-state index contributed by atoms with van der Waals surface area (Å²) in [6, 6.07) is 0. The van der Waals surface area contributed by atoms with Crippen LogP contribution >= 0.6 is 0 Å². The van der Waals surface area contributed by atoms with E-state index in [4.69, 9.17) is 48.1 Å². The van der Waals surface area contributed by atoms with Crippen LogP contribution < -0.4 is 0 Å². The summed E-state index contributed by atoms with van der Waals surface area (Å²) in [5.41, 5.74) is 0. The second-order valence-electron chi connectivity index (χ2n) is 18.2. The quantitative estimate of drug-likeness (QED) is 0.0300. The Kier molecular flexibility index (Phi) is 18.5. The SMILES string of the molecule is O=C(O)CC(=O)OCC1OC(OC2CC(O)CC3OC(C4CC(O)C(O)C(O)C4)C(OC4OC(COC(=O)C=CC5CCC(O)CC5)C(O)C(O)C4O)CC23)C(O)C(O)C1OC(=O)CC(=O)O. The Bertz CT molecular complexity index is 1710. The summed E-state index contributed by atoms with van der Waals surface area (Å²) in [7, 11) is 0. The number of aliphatic hydroxyl groups is 10. The maximum absolute atomic E-state index is 12.7. The van der Waals surface area contributed by atoms with Crippen molar-refractivity contribution in [1.82, 2.24) is 0 Å². The van der Waals surface area contributed by atoms with Crippen LogP contribution in [0, 0.1) is 17.8 Å². The molecule has 3 aliphatic heterocycles. The Morgan fingerprint density at radius 1 is 0.552 bits per heavy atom. The van der Waals surface area contributed by atoms with E-state index in [9.17, 15) is 75.0 Å². The Morgan fingerprint density at radius 3 is 1.78 bits per heavy atom. The van der Waals surface area contributed by atoms with Crippen molar-refractivity contribution in [3.63, 3.8) is 0 Å². The minimum atomic E-state index is -2.08. The van der Waals surface area contributed by atoms with Gasteiger partial charge in [-0.2, -0.15) is 0 Å². The van der Waals surface area contributed by atoms with Gasteiger partial charge in [-0.15, -0.1) is 0 Å². The van der Waals surface area contributed by atoms with Crippen molar-refractivity contribution >= 4 is 29.8 Å². The van der Waals surface area contributed by atoms with E-state index in [1.807, 2.05) is 0 Å². The van der Waals surface area contributed by atoms with Crippen molar-refractivity contribution in [2.45, 2.75) is 187 Å². The van der Waals surface area contributed by atoms with Crippen LogP contribution in [0.2, 0.25) is 0 Å². The van der Waals surface area contributed by atoms with Crippen LogP contribution in [0.25, 0.3) is 0 Å². The number of allylic oxidation sites excluding steroid dienone is 1. The van der Waals surface area contributed by atoms with Crippen molar-refractivity contribution in [1.29, 1.82) is 0 Å². The highest BCUT2D eigenvalue weighted by molar-refractivity contribution is 5.90. The fourth-order valence-electron chi connectivity index (χ4n) is 9.79. The molecule has 0 bridgehead atoms. The number of fused-ring (bicyclic) bond motifs is 1. The van der Waals surface area contributed by atoms with Crippen molar-refractivity contribution < 1.29 is 123 Å². The van der Waals surface area contributed by atoms with Crippen LogP contribution in [-0.2, 0) is 61.9 Å². The molecule has 6 fully saturated rings. The first kappa shape index (κ1) is 52.9. The lowest BCUT2D eigenvalue weighted by Crippen LogP contribution is -2.64. The van der Waals surface area contributed by atoms with Gasteiger partial charge in [0.1, 0.15) is 74.9 Å². The predicted octanol–water partition coefficient (Wildman–Crippen LogP) is -4.51. The molecule has 25 heteroatoms. The third-order valence-electron chi connectivity index (χ3n) is 13.3. The molecule has 18 atom stereocenters. The highest BCUT2D eigenvalue weighted by Gasteiger charge is 2.55. The van der Waals surface area contributed by atoms with Gasteiger partial charge in [-0.25, -0.2) is 4.79 Å². The number of carboxylic acid groups (broad SMARTS) is 2. The van der Waals surface area contributed by atoms with E-state index in [2.05, 4.69) is 0 Å². The summed E-state index contributed by atoms with van der Waals surface area (Å²) in [5, 5.41) is 126. The molecular weight excluding hydrogens is 904 g/mol. The van der Waals surface area contributed by atoms with Crippen LogP contribution in [0.3, 0.4) is 0 Å². The highest BCUT2D eigenvalue weighted by Crippen LogP contribution is 2.45. The standard InChI is InChI=1S/C42H62O25/c43-18-4-1-16(2-5-18)3-6-30(51)60-14-26-34(55)35(56)37(58)41(65-26)64-25-11-20-23(62-39(25)17-7-21(45)33(54)22(46)8-17)9-19(44)10-24(20)63-42-38(59)36(57)40(67-32(53)13-29(49)50)27(66-42)15-61-31(52)12-28(47)48/h3,6,16-27,33-46,54-59H,1-2,4-5,7-15H2,(H,47,48)(H,49,50). The number of hydrogen-bond acceptors (Lipinski definition) is 23. The Balaban J connectivity index is 1.20. The van der Waals surface area contributed by atoms with Crippen molar-refractivity contribution in [2.75, 3.05) is 13.2 Å². The number of aliphatic hydroxyl groups excluding tert-OH is 10. The average molecular weight is 967 g/mol. The van der Waals surface area contributed by atoms with E-state index in [1.54, 1.807) is 6.08 Å². The number of esters is 3. The third-order valence-corrected chi connectivity index (χ3v) is 13.3. The Labute approximate surface area is 382 Å². The zero-order chi connectivity index (χ0) is 48.9. The molecule has 0 spiro atoms. The number of carboxylic acids is 2. The van der Waals surface area contributed by atoms with Crippen LogP contribution in [-0.4, -0.2) is 221 Å². The van der Waals surface area contributed by atoms with Crippen molar-refractivity contribution in [2.24, 2.45) is 17.8 Å². The van der Waals surface area contributed by atoms with Gasteiger partial charge in [0.05, 0.1) is 48.8 Å². The van der Waals surface area contributed by atoms with E-state index in [0.29, 0.717) is 25.7 Å². The number of carbonyl (C=O) groups is 5. The summed E-state index contributed by atoms with van der Waals surface area (Å²) in [6.07, 6.45) is -25.7. The maximum Gasteiger partial charge on any atom is 0.330 e. The van der Waals surface area contributed by atoms with Gasteiger partial charge in [0, 0.05) is 18.4 Å². The molecule has 0 radical (unpaired) electrons. The zero-order valence-electron chi connectivity index (χ0n) is 36.2. The largest absolute Gasteiger partial charge is 0.481 e. The molecule has 0 aromatic heterocycles. The van der Waals surface area contributed by atoms with E-state index in [0.717, 1.165) is 0 Å². The zero-order valence-corrected chi connectivity index (χ0v) is 36.2. The van der Waals surface area contributed by atoms with E-state index < -0.39 is 184 Å². The Morgan fingerprint density at radius 2 is 1.13 bits per heavy atom. The summed E-state index contributed by atoms with van der Waals surface area (Å²) in [5.74, 6) is -8.07. The minimum Gasteiger partial charge on any atom is -0.481 e. The van der Waals surface area contributed by atoms with Gasteiger partial charge in [0.15, 0.2) is 18.7 Å². The monoisotopic (exact) mass is 966 g/mol. The topological polar surface area (TPSA) is 402 Å². The van der Waals surface area contributed by atoms with Crippen LogP contribution in [0.15, 0.2) is 12.2 Å². The summed E-state index contributed by atoms with van der Waals surface area (Å²) >= 11 is 0.